The lowest BCUT2D eigenvalue weighted by atomic mass is 10.00. The number of unbranched alkanes of at least 4 members (excludes halogenated alkanes) is 2. The van der Waals surface area contributed by atoms with Gasteiger partial charge in [-0.25, -0.2) is 17.5 Å². The van der Waals surface area contributed by atoms with Crippen molar-refractivity contribution in [3.8, 4) is 0 Å². The summed E-state index contributed by atoms with van der Waals surface area (Å²) in [7, 11) is -3.55. The highest BCUT2D eigenvalue weighted by Gasteiger charge is 2.15. The quantitative estimate of drug-likeness (QED) is 0.719. The first-order valence-electron chi connectivity index (χ1n) is 9.09. The molecule has 0 atom stereocenters. The lowest BCUT2D eigenvalue weighted by Gasteiger charge is -2.28. The van der Waals surface area contributed by atoms with Gasteiger partial charge in [0.25, 0.3) is 0 Å². The van der Waals surface area contributed by atoms with Crippen LogP contribution in [0.3, 0.4) is 0 Å². The molecule has 1 aliphatic rings. The minimum absolute atomic E-state index is 0.103. The Bertz CT molecular complexity index is 822. The van der Waals surface area contributed by atoms with Crippen LogP contribution in [0.4, 0.5) is 4.39 Å². The smallest absolute Gasteiger partial charge is 0.240 e. The van der Waals surface area contributed by atoms with E-state index in [2.05, 4.69) is 33.9 Å². The Morgan fingerprint density at radius 3 is 2.46 bits per heavy atom. The van der Waals surface area contributed by atoms with Crippen molar-refractivity contribution in [3.63, 3.8) is 0 Å². The fourth-order valence-electron chi connectivity index (χ4n) is 3.29. The molecule has 0 aromatic heterocycles. The molecule has 3 rings (SSSR count). The van der Waals surface area contributed by atoms with Crippen LogP contribution >= 0.6 is 0 Å². The molecule has 0 spiro atoms. The van der Waals surface area contributed by atoms with E-state index in [1.165, 1.54) is 23.3 Å². The van der Waals surface area contributed by atoms with Crippen molar-refractivity contribution in [2.75, 3.05) is 19.6 Å². The number of halogens is 1. The van der Waals surface area contributed by atoms with Gasteiger partial charge in [0.05, 0.1) is 4.90 Å². The Balaban J connectivity index is 1.34. The summed E-state index contributed by atoms with van der Waals surface area (Å²) >= 11 is 0. The number of fused-ring (bicyclic) bond motifs is 1. The average Bonchev–Trinajstić information content (AvgIpc) is 2.65. The number of hydrogen-bond acceptors (Lipinski definition) is 3. The molecule has 1 N–H and O–H groups in total. The number of hydrogen-bond donors (Lipinski definition) is 1. The monoisotopic (exact) mass is 376 g/mol. The second kappa shape index (κ2) is 8.75. The molecule has 1 aliphatic heterocycles. The van der Waals surface area contributed by atoms with Gasteiger partial charge in [-0.2, -0.15) is 0 Å². The predicted octanol–water partition coefficient (Wildman–Crippen LogP) is 3.33. The number of sulfonamides is 1. The van der Waals surface area contributed by atoms with Crippen LogP contribution in [-0.4, -0.2) is 33.0 Å². The van der Waals surface area contributed by atoms with E-state index in [1.807, 2.05) is 0 Å². The van der Waals surface area contributed by atoms with Crippen LogP contribution in [0.25, 0.3) is 0 Å². The van der Waals surface area contributed by atoms with E-state index in [9.17, 15) is 12.8 Å². The summed E-state index contributed by atoms with van der Waals surface area (Å²) in [6, 6.07) is 13.5. The van der Waals surface area contributed by atoms with Crippen LogP contribution in [0.15, 0.2) is 53.4 Å². The van der Waals surface area contributed by atoms with Gasteiger partial charge in [-0.1, -0.05) is 30.7 Å². The molecular formula is C20H25FN2O2S. The number of nitrogens with one attached hydrogen (secondary N) is 1. The van der Waals surface area contributed by atoms with E-state index in [0.717, 1.165) is 57.5 Å². The summed E-state index contributed by atoms with van der Waals surface area (Å²) in [5, 5.41) is 0. The maximum absolute atomic E-state index is 12.9. The Labute approximate surface area is 155 Å². The highest BCUT2D eigenvalue weighted by atomic mass is 32.2. The third-order valence-electron chi connectivity index (χ3n) is 4.78. The molecule has 0 fully saturated rings. The molecule has 0 bridgehead atoms. The van der Waals surface area contributed by atoms with Crippen molar-refractivity contribution in [1.29, 1.82) is 0 Å². The second-order valence-corrected chi connectivity index (χ2v) is 8.47. The van der Waals surface area contributed by atoms with Gasteiger partial charge in [-0.3, -0.25) is 4.90 Å². The molecule has 140 valence electrons. The van der Waals surface area contributed by atoms with Crippen LogP contribution in [0.1, 0.15) is 30.4 Å². The summed E-state index contributed by atoms with van der Waals surface area (Å²) in [4.78, 5) is 2.57. The topological polar surface area (TPSA) is 49.4 Å². The second-order valence-electron chi connectivity index (χ2n) is 6.71. The van der Waals surface area contributed by atoms with Crippen LogP contribution < -0.4 is 4.72 Å². The van der Waals surface area contributed by atoms with Crippen molar-refractivity contribution in [1.82, 2.24) is 9.62 Å². The van der Waals surface area contributed by atoms with Gasteiger partial charge in [0, 0.05) is 19.6 Å². The van der Waals surface area contributed by atoms with Gasteiger partial charge < -0.3 is 0 Å². The van der Waals surface area contributed by atoms with E-state index in [0.29, 0.717) is 6.54 Å². The van der Waals surface area contributed by atoms with Gasteiger partial charge in [-0.05, 0) is 61.2 Å². The van der Waals surface area contributed by atoms with Gasteiger partial charge in [0.2, 0.25) is 10.0 Å². The highest BCUT2D eigenvalue weighted by molar-refractivity contribution is 7.89. The SMILES string of the molecule is O=S(=O)(NCCCCCN1CCc2ccccc2C1)c1ccc(F)cc1. The van der Waals surface area contributed by atoms with E-state index in [4.69, 9.17) is 0 Å². The summed E-state index contributed by atoms with van der Waals surface area (Å²) in [5.41, 5.74) is 2.88. The van der Waals surface area contributed by atoms with Crippen LogP contribution in [-0.2, 0) is 23.0 Å². The van der Waals surface area contributed by atoms with Crippen LogP contribution in [0, 0.1) is 5.82 Å². The summed E-state index contributed by atoms with van der Waals surface area (Å²) in [6.45, 7) is 3.54. The summed E-state index contributed by atoms with van der Waals surface area (Å²) in [6.07, 6.45) is 3.93. The molecular weight excluding hydrogens is 351 g/mol. The highest BCUT2D eigenvalue weighted by Crippen LogP contribution is 2.18. The third-order valence-corrected chi connectivity index (χ3v) is 6.25. The van der Waals surface area contributed by atoms with Gasteiger partial charge in [-0.15, -0.1) is 0 Å². The van der Waals surface area contributed by atoms with Gasteiger partial charge >= 0.3 is 0 Å². The van der Waals surface area contributed by atoms with E-state index in [1.54, 1.807) is 0 Å². The van der Waals surface area contributed by atoms with E-state index >= 15 is 0 Å². The number of rotatable bonds is 8. The van der Waals surface area contributed by atoms with Crippen molar-refractivity contribution in [2.45, 2.75) is 37.1 Å². The molecule has 26 heavy (non-hydrogen) atoms. The Morgan fingerprint density at radius 2 is 1.69 bits per heavy atom. The Kier molecular flexibility index (Phi) is 6.40. The minimum Gasteiger partial charge on any atom is -0.299 e. The largest absolute Gasteiger partial charge is 0.299 e. The third kappa shape index (κ3) is 5.13. The lowest BCUT2D eigenvalue weighted by molar-refractivity contribution is 0.248. The zero-order chi connectivity index (χ0) is 18.4. The van der Waals surface area contributed by atoms with Crippen molar-refractivity contribution >= 4 is 10.0 Å². The molecule has 0 radical (unpaired) electrons. The van der Waals surface area contributed by atoms with Crippen LogP contribution in [0.5, 0.6) is 0 Å². The normalized spacial score (nSPS) is 15.0. The molecule has 0 unspecified atom stereocenters. The number of benzene rings is 2. The zero-order valence-electron chi connectivity index (χ0n) is 14.8. The Morgan fingerprint density at radius 1 is 0.962 bits per heavy atom. The first kappa shape index (κ1) is 19.0. The first-order chi connectivity index (χ1) is 12.5. The molecule has 2 aromatic carbocycles. The molecule has 0 amide bonds. The van der Waals surface area contributed by atoms with Gasteiger partial charge in [0.15, 0.2) is 0 Å². The van der Waals surface area contributed by atoms with Crippen molar-refractivity contribution < 1.29 is 12.8 Å². The Hall–Kier alpha value is -1.76. The lowest BCUT2D eigenvalue weighted by Crippen LogP contribution is -2.31. The van der Waals surface area contributed by atoms with Gasteiger partial charge in [0.1, 0.15) is 5.82 Å². The molecule has 0 saturated heterocycles. The summed E-state index contributed by atoms with van der Waals surface area (Å²) in [5.74, 6) is -0.440. The fraction of sp³-hybridized carbons (Fsp3) is 0.400. The molecule has 0 saturated carbocycles. The standard InChI is InChI=1S/C20H25FN2O2S/c21-19-8-10-20(11-9-19)26(24,25)22-13-4-1-5-14-23-15-12-17-6-2-3-7-18(17)16-23/h2-3,6-11,22H,1,4-5,12-16H2. The predicted molar refractivity (Wildman–Crippen MR) is 101 cm³/mol. The number of nitrogens with zero attached hydrogens (tertiary/aromatic N) is 1. The summed E-state index contributed by atoms with van der Waals surface area (Å²) < 4.78 is 39.7. The zero-order valence-corrected chi connectivity index (χ0v) is 15.6. The molecule has 0 aliphatic carbocycles. The minimum atomic E-state index is -3.55. The maximum atomic E-state index is 12.9. The average molecular weight is 376 g/mol. The van der Waals surface area contributed by atoms with E-state index < -0.39 is 15.8 Å². The molecule has 4 nitrogen and oxygen atoms in total. The first-order valence-corrected chi connectivity index (χ1v) is 10.6. The van der Waals surface area contributed by atoms with E-state index in [-0.39, 0.29) is 4.90 Å². The molecule has 1 heterocycles. The van der Waals surface area contributed by atoms with Crippen molar-refractivity contribution in [3.05, 3.63) is 65.5 Å². The fourth-order valence-corrected chi connectivity index (χ4v) is 4.36. The molecule has 6 heteroatoms. The molecule has 2 aromatic rings. The maximum Gasteiger partial charge on any atom is 0.240 e. The van der Waals surface area contributed by atoms with Crippen molar-refractivity contribution in [2.24, 2.45) is 0 Å². The van der Waals surface area contributed by atoms with Crippen LogP contribution in [0.2, 0.25) is 0 Å².